The maximum absolute atomic E-state index is 12.8. The highest BCUT2D eigenvalue weighted by Gasteiger charge is 2.19. The molecule has 0 aliphatic carbocycles. The first-order chi connectivity index (χ1) is 31.0. The molecule has 0 aliphatic rings. The zero-order chi connectivity index (χ0) is 45.8. The van der Waals surface area contributed by atoms with Crippen LogP contribution in [0.3, 0.4) is 0 Å². The molecule has 0 unspecified atom stereocenters. The minimum atomic E-state index is -0.781. The molecule has 0 bridgehead atoms. The molecule has 0 radical (unpaired) electrons. The molecule has 6 nitrogen and oxygen atoms in total. The van der Waals surface area contributed by atoms with Crippen molar-refractivity contribution in [2.45, 2.75) is 284 Å². The summed E-state index contributed by atoms with van der Waals surface area (Å²) in [5, 5.41) is 0. The molecule has 1 atom stereocenters. The van der Waals surface area contributed by atoms with Crippen molar-refractivity contribution in [3.63, 3.8) is 0 Å². The molecule has 6 heteroatoms. The lowest BCUT2D eigenvalue weighted by Crippen LogP contribution is -2.30. The molecule has 0 heterocycles. The van der Waals surface area contributed by atoms with Gasteiger partial charge in [-0.3, -0.25) is 14.4 Å². The SMILES string of the molecule is CC/C=C\C/C=C\C/C=C\CCCCCCCC(=O)OC[C@@H](COC(=O)CCCCCCCCCCCCCCCCC)OC(=O)CCCCCCC/C=C\CCCCCCCC. The van der Waals surface area contributed by atoms with Gasteiger partial charge in [0.1, 0.15) is 13.2 Å². The monoisotopic (exact) mass is 883 g/mol. The van der Waals surface area contributed by atoms with E-state index in [4.69, 9.17) is 14.2 Å². The highest BCUT2D eigenvalue weighted by Crippen LogP contribution is 2.16. The maximum atomic E-state index is 12.8. The standard InChI is InChI=1S/C57H102O6/c1-4-7-10-13-16-19-22-25-28-31-34-37-40-43-46-49-55(58)61-52-54(63-57(60)51-48-45-42-39-36-33-30-27-24-21-18-15-12-9-6-3)53-62-56(59)50-47-44-41-38-35-32-29-26-23-20-17-14-11-8-5-2/h7,10,16,19,25,27-28,30,54H,4-6,8-9,11-15,17-18,20-24,26,29,31-53H2,1-3H3/b10-7-,19-16-,28-25-,30-27-/t54-/m0/s1. The van der Waals surface area contributed by atoms with Crippen molar-refractivity contribution in [3.05, 3.63) is 48.6 Å². The first-order valence-corrected chi connectivity index (χ1v) is 27.1. The third-order valence-electron chi connectivity index (χ3n) is 11.8. The predicted molar refractivity (Wildman–Crippen MR) is 270 cm³/mol. The molecular formula is C57H102O6. The lowest BCUT2D eigenvalue weighted by molar-refractivity contribution is -0.167. The van der Waals surface area contributed by atoms with E-state index in [1.807, 2.05) is 0 Å². The first-order valence-electron chi connectivity index (χ1n) is 27.1. The molecule has 0 N–H and O–H groups in total. The summed E-state index contributed by atoms with van der Waals surface area (Å²) in [7, 11) is 0. The van der Waals surface area contributed by atoms with Crippen LogP contribution in [0.25, 0.3) is 0 Å². The number of ether oxygens (including phenoxy) is 3. The summed E-state index contributed by atoms with van der Waals surface area (Å²) in [5.41, 5.74) is 0. The van der Waals surface area contributed by atoms with Gasteiger partial charge in [-0.15, -0.1) is 0 Å². The number of esters is 3. The number of allylic oxidation sites excluding steroid dienone is 8. The van der Waals surface area contributed by atoms with Crippen LogP contribution < -0.4 is 0 Å². The highest BCUT2D eigenvalue weighted by molar-refractivity contribution is 5.71. The highest BCUT2D eigenvalue weighted by atomic mass is 16.6. The van der Waals surface area contributed by atoms with Crippen LogP contribution in [0.4, 0.5) is 0 Å². The molecule has 366 valence electrons. The van der Waals surface area contributed by atoms with Crippen LogP contribution in [0.5, 0.6) is 0 Å². The number of rotatable bonds is 49. The van der Waals surface area contributed by atoms with Gasteiger partial charge >= 0.3 is 17.9 Å². The Balaban J connectivity index is 4.39. The summed E-state index contributed by atoms with van der Waals surface area (Å²) in [6, 6.07) is 0. The minimum absolute atomic E-state index is 0.0794. The smallest absolute Gasteiger partial charge is 0.306 e. The minimum Gasteiger partial charge on any atom is -0.462 e. The van der Waals surface area contributed by atoms with E-state index >= 15 is 0 Å². The molecule has 0 aromatic heterocycles. The average Bonchev–Trinajstić information content (AvgIpc) is 3.28. The summed E-state index contributed by atoms with van der Waals surface area (Å²) >= 11 is 0. The van der Waals surface area contributed by atoms with Gasteiger partial charge < -0.3 is 14.2 Å². The van der Waals surface area contributed by atoms with Crippen LogP contribution >= 0.6 is 0 Å². The van der Waals surface area contributed by atoms with Crippen molar-refractivity contribution < 1.29 is 28.6 Å². The van der Waals surface area contributed by atoms with Gasteiger partial charge in [0.15, 0.2) is 6.10 Å². The zero-order valence-electron chi connectivity index (χ0n) is 41.8. The Labute approximate surface area is 390 Å². The third kappa shape index (κ3) is 50.2. The van der Waals surface area contributed by atoms with Crippen molar-refractivity contribution in [3.8, 4) is 0 Å². The molecule has 0 rings (SSSR count). The van der Waals surface area contributed by atoms with E-state index in [0.29, 0.717) is 19.3 Å². The van der Waals surface area contributed by atoms with E-state index in [1.165, 1.54) is 128 Å². The van der Waals surface area contributed by atoms with Crippen molar-refractivity contribution in [2.24, 2.45) is 0 Å². The van der Waals surface area contributed by atoms with E-state index in [0.717, 1.165) is 109 Å². The molecule has 0 saturated heterocycles. The van der Waals surface area contributed by atoms with Gasteiger partial charge in [0, 0.05) is 19.3 Å². The van der Waals surface area contributed by atoms with Gasteiger partial charge in [0.2, 0.25) is 0 Å². The summed E-state index contributed by atoms with van der Waals surface area (Å²) in [6.07, 6.45) is 62.3. The second kappa shape index (κ2) is 52.0. The van der Waals surface area contributed by atoms with Crippen molar-refractivity contribution in [1.82, 2.24) is 0 Å². The molecule has 0 fully saturated rings. The molecule has 0 spiro atoms. The van der Waals surface area contributed by atoms with Crippen molar-refractivity contribution >= 4 is 17.9 Å². The van der Waals surface area contributed by atoms with Gasteiger partial charge in [0.05, 0.1) is 0 Å². The molecular weight excluding hydrogens is 781 g/mol. The zero-order valence-corrected chi connectivity index (χ0v) is 41.8. The van der Waals surface area contributed by atoms with E-state index in [1.54, 1.807) is 0 Å². The number of unbranched alkanes of at least 4 members (excludes halogenated alkanes) is 30. The summed E-state index contributed by atoms with van der Waals surface area (Å²) in [4.78, 5) is 38.0. The summed E-state index contributed by atoms with van der Waals surface area (Å²) in [6.45, 7) is 6.52. The van der Waals surface area contributed by atoms with Gasteiger partial charge in [0.25, 0.3) is 0 Å². The fraction of sp³-hybridized carbons (Fsp3) is 0.807. The summed E-state index contributed by atoms with van der Waals surface area (Å²) < 4.78 is 16.8. The number of hydrogen-bond donors (Lipinski definition) is 0. The van der Waals surface area contributed by atoms with Crippen LogP contribution in [0.15, 0.2) is 48.6 Å². The van der Waals surface area contributed by atoms with Crippen LogP contribution in [0, 0.1) is 0 Å². The Morgan fingerprint density at radius 1 is 0.333 bits per heavy atom. The van der Waals surface area contributed by atoms with Gasteiger partial charge in [-0.05, 0) is 77.0 Å². The van der Waals surface area contributed by atoms with E-state index in [2.05, 4.69) is 69.4 Å². The molecule has 63 heavy (non-hydrogen) atoms. The quantitative estimate of drug-likeness (QED) is 0.0262. The van der Waals surface area contributed by atoms with Crippen LogP contribution in [-0.4, -0.2) is 37.2 Å². The van der Waals surface area contributed by atoms with Crippen LogP contribution in [0.2, 0.25) is 0 Å². The van der Waals surface area contributed by atoms with Gasteiger partial charge in [-0.1, -0.05) is 230 Å². The first kappa shape index (κ1) is 60.4. The van der Waals surface area contributed by atoms with Crippen molar-refractivity contribution in [2.75, 3.05) is 13.2 Å². The van der Waals surface area contributed by atoms with Gasteiger partial charge in [-0.2, -0.15) is 0 Å². The molecule has 0 aromatic rings. The van der Waals surface area contributed by atoms with E-state index < -0.39 is 6.10 Å². The fourth-order valence-corrected chi connectivity index (χ4v) is 7.75. The third-order valence-corrected chi connectivity index (χ3v) is 11.8. The van der Waals surface area contributed by atoms with Gasteiger partial charge in [-0.25, -0.2) is 0 Å². The number of carbonyl (C=O) groups is 3. The fourth-order valence-electron chi connectivity index (χ4n) is 7.75. The molecule has 0 aromatic carbocycles. The van der Waals surface area contributed by atoms with Crippen LogP contribution in [-0.2, 0) is 28.6 Å². The largest absolute Gasteiger partial charge is 0.462 e. The maximum Gasteiger partial charge on any atom is 0.306 e. The Morgan fingerprint density at radius 2 is 0.619 bits per heavy atom. The second-order valence-electron chi connectivity index (χ2n) is 18.1. The lowest BCUT2D eigenvalue weighted by Gasteiger charge is -2.18. The summed E-state index contributed by atoms with van der Waals surface area (Å²) in [5.74, 6) is -0.894. The Kier molecular flexibility index (Phi) is 49.8. The Hall–Kier alpha value is -2.63. The Bertz CT molecular complexity index is 1110. The number of carbonyl (C=O) groups excluding carboxylic acids is 3. The second-order valence-corrected chi connectivity index (χ2v) is 18.1. The molecule has 0 saturated carbocycles. The van der Waals surface area contributed by atoms with E-state index in [-0.39, 0.29) is 31.1 Å². The topological polar surface area (TPSA) is 78.9 Å². The van der Waals surface area contributed by atoms with E-state index in [9.17, 15) is 14.4 Å². The lowest BCUT2D eigenvalue weighted by atomic mass is 10.0. The molecule has 0 amide bonds. The normalized spacial score (nSPS) is 12.4. The Morgan fingerprint density at radius 3 is 0.984 bits per heavy atom. The molecule has 0 aliphatic heterocycles. The average molecular weight is 883 g/mol. The number of hydrogen-bond acceptors (Lipinski definition) is 6. The predicted octanol–water partition coefficient (Wildman–Crippen LogP) is 17.9. The van der Waals surface area contributed by atoms with Crippen LogP contribution in [0.1, 0.15) is 278 Å². The van der Waals surface area contributed by atoms with Crippen molar-refractivity contribution in [1.29, 1.82) is 0 Å².